The number of halogens is 2. The van der Waals surface area contributed by atoms with Crippen LogP contribution in [0.4, 0.5) is 10.1 Å². The molecule has 1 heterocycles. The molecule has 0 spiro atoms. The smallest absolute Gasteiger partial charge is 0.255 e. The van der Waals surface area contributed by atoms with Crippen LogP contribution in [0.2, 0.25) is 0 Å². The molecule has 4 nitrogen and oxygen atoms in total. The summed E-state index contributed by atoms with van der Waals surface area (Å²) in [6.07, 6.45) is 0. The van der Waals surface area contributed by atoms with Gasteiger partial charge in [0, 0.05) is 20.4 Å². The van der Waals surface area contributed by atoms with Crippen LogP contribution in [0.25, 0.3) is 22.6 Å². The third-order valence-corrected chi connectivity index (χ3v) is 4.49. The molecule has 4 aromatic rings. The van der Waals surface area contributed by atoms with Gasteiger partial charge in [0.05, 0.1) is 0 Å². The highest BCUT2D eigenvalue weighted by Crippen LogP contribution is 2.27. The Hall–Kier alpha value is -2.74. The van der Waals surface area contributed by atoms with E-state index in [2.05, 4.69) is 32.9 Å². The van der Waals surface area contributed by atoms with Gasteiger partial charge in [0.25, 0.3) is 5.91 Å². The van der Waals surface area contributed by atoms with Gasteiger partial charge in [0.1, 0.15) is 11.3 Å². The Morgan fingerprint density at radius 2 is 1.85 bits per heavy atom. The van der Waals surface area contributed by atoms with Crippen LogP contribution >= 0.6 is 22.6 Å². The number of oxazole rings is 1. The molecule has 0 saturated heterocycles. The monoisotopic (exact) mass is 458 g/mol. The van der Waals surface area contributed by atoms with Crippen LogP contribution in [0.1, 0.15) is 10.4 Å². The minimum Gasteiger partial charge on any atom is -0.436 e. The maximum Gasteiger partial charge on any atom is 0.255 e. The molecule has 0 aliphatic rings. The van der Waals surface area contributed by atoms with Crippen molar-refractivity contribution in [1.82, 2.24) is 4.98 Å². The summed E-state index contributed by atoms with van der Waals surface area (Å²) in [5.74, 6) is -0.167. The van der Waals surface area contributed by atoms with Gasteiger partial charge >= 0.3 is 0 Å². The second kappa shape index (κ2) is 6.87. The van der Waals surface area contributed by atoms with Crippen molar-refractivity contribution < 1.29 is 13.6 Å². The maximum atomic E-state index is 13.0. The van der Waals surface area contributed by atoms with Crippen LogP contribution in [0, 0.1) is 9.39 Å². The van der Waals surface area contributed by atoms with Gasteiger partial charge in [-0.2, -0.15) is 0 Å². The molecule has 1 aromatic heterocycles. The summed E-state index contributed by atoms with van der Waals surface area (Å²) >= 11 is 2.24. The summed E-state index contributed by atoms with van der Waals surface area (Å²) in [7, 11) is 0. The van der Waals surface area contributed by atoms with Crippen molar-refractivity contribution >= 4 is 45.3 Å². The van der Waals surface area contributed by atoms with Gasteiger partial charge in [-0.25, -0.2) is 9.37 Å². The van der Waals surface area contributed by atoms with Crippen molar-refractivity contribution in [3.05, 3.63) is 81.7 Å². The molecule has 0 radical (unpaired) electrons. The minimum absolute atomic E-state index is 0.314. The van der Waals surface area contributed by atoms with E-state index < -0.39 is 0 Å². The van der Waals surface area contributed by atoms with Crippen molar-refractivity contribution in [3.8, 4) is 11.5 Å². The zero-order chi connectivity index (χ0) is 18.1. The van der Waals surface area contributed by atoms with Crippen LogP contribution < -0.4 is 5.32 Å². The largest absolute Gasteiger partial charge is 0.436 e. The molecule has 1 amide bonds. The van der Waals surface area contributed by atoms with E-state index in [0.29, 0.717) is 28.2 Å². The average Bonchev–Trinajstić information content (AvgIpc) is 3.05. The molecule has 0 aliphatic heterocycles. The lowest BCUT2D eigenvalue weighted by Gasteiger charge is -2.04. The van der Waals surface area contributed by atoms with Crippen LogP contribution in [0.5, 0.6) is 0 Å². The van der Waals surface area contributed by atoms with Gasteiger partial charge in [-0.3, -0.25) is 4.79 Å². The first-order valence-electron chi connectivity index (χ1n) is 7.82. The summed E-state index contributed by atoms with van der Waals surface area (Å²) in [6.45, 7) is 0. The molecule has 26 heavy (non-hydrogen) atoms. The van der Waals surface area contributed by atoms with E-state index in [1.165, 1.54) is 24.3 Å². The summed E-state index contributed by atoms with van der Waals surface area (Å²) in [4.78, 5) is 16.8. The predicted molar refractivity (Wildman–Crippen MR) is 107 cm³/mol. The third kappa shape index (κ3) is 3.45. The number of hydrogen-bond donors (Lipinski definition) is 1. The summed E-state index contributed by atoms with van der Waals surface area (Å²) < 4.78 is 19.9. The third-order valence-electron chi connectivity index (χ3n) is 3.82. The number of benzene rings is 3. The maximum absolute atomic E-state index is 13.0. The van der Waals surface area contributed by atoms with Crippen LogP contribution in [-0.2, 0) is 0 Å². The van der Waals surface area contributed by atoms with E-state index >= 15 is 0 Å². The van der Waals surface area contributed by atoms with Crippen molar-refractivity contribution in [3.63, 3.8) is 0 Å². The normalized spacial score (nSPS) is 10.8. The standard InChI is InChI=1S/C20H12FIN2O2/c21-14-6-4-12(5-7-14)19(25)23-16-8-9-18-17(11-16)24-20(26-18)13-2-1-3-15(22)10-13/h1-11H,(H,23,25). The van der Waals surface area contributed by atoms with Gasteiger partial charge in [0.2, 0.25) is 5.89 Å². The molecule has 3 aromatic carbocycles. The van der Waals surface area contributed by atoms with Crippen molar-refractivity contribution in [1.29, 1.82) is 0 Å². The molecule has 0 fully saturated rings. The summed E-state index contributed by atoms with van der Waals surface area (Å²) in [5.41, 5.74) is 3.15. The molecule has 6 heteroatoms. The number of hydrogen-bond acceptors (Lipinski definition) is 3. The topological polar surface area (TPSA) is 55.1 Å². The minimum atomic E-state index is -0.381. The van der Waals surface area contributed by atoms with Crippen LogP contribution in [-0.4, -0.2) is 10.9 Å². The zero-order valence-corrected chi connectivity index (χ0v) is 15.5. The fourth-order valence-corrected chi connectivity index (χ4v) is 3.10. The van der Waals surface area contributed by atoms with E-state index in [1.807, 2.05) is 24.3 Å². The molecule has 128 valence electrons. The molecule has 0 bridgehead atoms. The molecule has 1 N–H and O–H groups in total. The first kappa shape index (κ1) is 16.7. The second-order valence-corrected chi connectivity index (χ2v) is 6.92. The molecule has 0 saturated carbocycles. The SMILES string of the molecule is O=C(Nc1ccc2oc(-c3cccc(I)c3)nc2c1)c1ccc(F)cc1. The number of aromatic nitrogens is 1. The Morgan fingerprint density at radius 3 is 2.62 bits per heavy atom. The van der Waals surface area contributed by atoms with Gasteiger partial charge in [-0.15, -0.1) is 0 Å². The molecule has 0 aliphatic carbocycles. The average molecular weight is 458 g/mol. The highest BCUT2D eigenvalue weighted by molar-refractivity contribution is 14.1. The molecule has 4 rings (SSSR count). The quantitative estimate of drug-likeness (QED) is 0.413. The Balaban J connectivity index is 1.61. The highest BCUT2D eigenvalue weighted by atomic mass is 127. The number of nitrogens with zero attached hydrogens (tertiary/aromatic N) is 1. The number of fused-ring (bicyclic) bond motifs is 1. The number of rotatable bonds is 3. The zero-order valence-electron chi connectivity index (χ0n) is 13.4. The fourth-order valence-electron chi connectivity index (χ4n) is 2.55. The van der Waals surface area contributed by atoms with E-state index in [4.69, 9.17) is 4.42 Å². The lowest BCUT2D eigenvalue weighted by molar-refractivity contribution is 0.102. The Bertz CT molecular complexity index is 1110. The van der Waals surface area contributed by atoms with Crippen molar-refractivity contribution in [2.45, 2.75) is 0 Å². The van der Waals surface area contributed by atoms with Crippen LogP contribution in [0.3, 0.4) is 0 Å². The Kier molecular flexibility index (Phi) is 4.42. The first-order valence-corrected chi connectivity index (χ1v) is 8.90. The lowest BCUT2D eigenvalue weighted by Crippen LogP contribution is -2.11. The van der Waals surface area contributed by atoms with E-state index in [1.54, 1.807) is 18.2 Å². The van der Waals surface area contributed by atoms with E-state index in [0.717, 1.165) is 9.13 Å². The molecular weight excluding hydrogens is 446 g/mol. The number of carbonyl (C=O) groups excluding carboxylic acids is 1. The fraction of sp³-hybridized carbons (Fsp3) is 0. The van der Waals surface area contributed by atoms with Gasteiger partial charge in [-0.1, -0.05) is 6.07 Å². The number of amides is 1. The van der Waals surface area contributed by atoms with Crippen LogP contribution in [0.15, 0.2) is 71.1 Å². The predicted octanol–water partition coefficient (Wildman–Crippen LogP) is 5.49. The lowest BCUT2D eigenvalue weighted by atomic mass is 10.2. The van der Waals surface area contributed by atoms with E-state index in [-0.39, 0.29) is 11.7 Å². The highest BCUT2D eigenvalue weighted by Gasteiger charge is 2.11. The van der Waals surface area contributed by atoms with Crippen molar-refractivity contribution in [2.24, 2.45) is 0 Å². The first-order chi connectivity index (χ1) is 12.6. The van der Waals surface area contributed by atoms with E-state index in [9.17, 15) is 9.18 Å². The number of anilines is 1. The van der Waals surface area contributed by atoms with Gasteiger partial charge in [0.15, 0.2) is 5.58 Å². The number of nitrogens with one attached hydrogen (secondary N) is 1. The Labute approximate surface area is 162 Å². The summed E-state index contributed by atoms with van der Waals surface area (Å²) in [6, 6.07) is 18.5. The molecule has 0 atom stereocenters. The van der Waals surface area contributed by atoms with Gasteiger partial charge in [-0.05, 0) is 83.3 Å². The van der Waals surface area contributed by atoms with Gasteiger partial charge < -0.3 is 9.73 Å². The summed E-state index contributed by atoms with van der Waals surface area (Å²) in [5, 5.41) is 2.78. The number of carbonyl (C=O) groups is 1. The second-order valence-electron chi connectivity index (χ2n) is 5.67. The molecular formula is C20H12FIN2O2. The Morgan fingerprint density at radius 1 is 1.04 bits per heavy atom. The molecule has 0 unspecified atom stereocenters. The van der Waals surface area contributed by atoms with Crippen molar-refractivity contribution in [2.75, 3.05) is 5.32 Å².